The molecule has 0 amide bonds. The van der Waals surface area contributed by atoms with Crippen molar-refractivity contribution in [1.82, 2.24) is 0 Å². The highest BCUT2D eigenvalue weighted by atomic mass is 32.2. The Bertz CT molecular complexity index is 488. The second-order valence-electron chi connectivity index (χ2n) is 3.86. The zero-order valence-electron chi connectivity index (χ0n) is 9.74. The van der Waals surface area contributed by atoms with E-state index in [1.807, 2.05) is 0 Å². The first-order valence-corrected chi connectivity index (χ1v) is 6.60. The summed E-state index contributed by atoms with van der Waals surface area (Å²) in [6.45, 7) is 1.58. The maximum atomic E-state index is 11.8. The first-order valence-electron chi connectivity index (χ1n) is 5.22. The Hall–Kier alpha value is -1.76. The van der Waals surface area contributed by atoms with Gasteiger partial charge in [-0.2, -0.15) is 0 Å². The summed E-state index contributed by atoms with van der Waals surface area (Å²) in [5.74, 6) is -0.884. The minimum absolute atomic E-state index is 0.0598. The summed E-state index contributed by atoms with van der Waals surface area (Å²) in [6, 6.07) is 5.86. The van der Waals surface area contributed by atoms with Crippen LogP contribution in [-0.2, 0) is 21.3 Å². The van der Waals surface area contributed by atoms with Gasteiger partial charge in [0.25, 0.3) is 5.69 Å². The summed E-state index contributed by atoms with van der Waals surface area (Å²) >= 11 is 0. The van der Waals surface area contributed by atoms with Gasteiger partial charge in [-0.25, -0.2) is 0 Å². The largest absolute Gasteiger partial charge is 0.481 e. The lowest BCUT2D eigenvalue weighted by Crippen LogP contribution is -2.17. The zero-order valence-corrected chi connectivity index (χ0v) is 10.6. The molecule has 1 N–H and O–H groups in total. The molecule has 0 aliphatic carbocycles. The molecule has 6 nitrogen and oxygen atoms in total. The van der Waals surface area contributed by atoms with Gasteiger partial charge in [0.1, 0.15) is 0 Å². The number of carboxylic acid groups (broad SMARTS) is 1. The Kier molecular flexibility index (Phi) is 4.96. The minimum atomic E-state index is -1.36. The molecule has 0 heterocycles. The van der Waals surface area contributed by atoms with Crippen molar-refractivity contribution in [2.45, 2.75) is 24.3 Å². The van der Waals surface area contributed by atoms with Gasteiger partial charge >= 0.3 is 5.97 Å². The van der Waals surface area contributed by atoms with Crippen molar-refractivity contribution in [1.29, 1.82) is 0 Å². The number of non-ortho nitro benzene ring substituents is 1. The second-order valence-corrected chi connectivity index (χ2v) is 5.72. The van der Waals surface area contributed by atoms with E-state index in [2.05, 4.69) is 0 Å². The van der Waals surface area contributed by atoms with E-state index >= 15 is 0 Å². The smallest absolute Gasteiger partial charge is 0.304 e. The predicted octanol–water partition coefficient (Wildman–Crippen LogP) is 1.71. The topological polar surface area (TPSA) is 97.5 Å². The molecule has 7 heteroatoms. The van der Waals surface area contributed by atoms with E-state index in [-0.39, 0.29) is 17.9 Å². The summed E-state index contributed by atoms with van der Waals surface area (Å²) in [5, 5.41) is 18.7. The van der Waals surface area contributed by atoms with Crippen LogP contribution in [0.1, 0.15) is 18.9 Å². The Balaban J connectivity index is 2.72. The number of nitro groups is 1. The normalized spacial score (nSPS) is 13.8. The number of benzene rings is 1. The van der Waals surface area contributed by atoms with E-state index < -0.39 is 26.9 Å². The number of nitrogens with zero attached hydrogens (tertiary/aromatic N) is 1. The number of nitro benzene ring substituents is 1. The van der Waals surface area contributed by atoms with E-state index in [0.29, 0.717) is 5.56 Å². The molecule has 1 aromatic carbocycles. The van der Waals surface area contributed by atoms with Crippen molar-refractivity contribution < 1.29 is 19.0 Å². The van der Waals surface area contributed by atoms with Crippen LogP contribution in [0.4, 0.5) is 5.69 Å². The molecule has 98 valence electrons. The monoisotopic (exact) mass is 271 g/mol. The van der Waals surface area contributed by atoms with Crippen LogP contribution in [0.15, 0.2) is 24.3 Å². The maximum Gasteiger partial charge on any atom is 0.304 e. The molecule has 0 radical (unpaired) electrons. The molecule has 0 fully saturated rings. The number of hydrogen-bond donors (Lipinski definition) is 1. The van der Waals surface area contributed by atoms with Crippen LogP contribution in [0.5, 0.6) is 0 Å². The van der Waals surface area contributed by atoms with Gasteiger partial charge in [-0.3, -0.25) is 19.1 Å². The van der Waals surface area contributed by atoms with Crippen molar-refractivity contribution in [3.63, 3.8) is 0 Å². The molecule has 0 aromatic heterocycles. The van der Waals surface area contributed by atoms with Crippen molar-refractivity contribution in [2.24, 2.45) is 0 Å². The molecule has 1 aromatic rings. The van der Waals surface area contributed by atoms with E-state index in [9.17, 15) is 19.1 Å². The van der Waals surface area contributed by atoms with Crippen molar-refractivity contribution >= 4 is 22.5 Å². The van der Waals surface area contributed by atoms with Crippen LogP contribution in [0.3, 0.4) is 0 Å². The summed E-state index contributed by atoms with van der Waals surface area (Å²) < 4.78 is 11.8. The van der Waals surface area contributed by atoms with Crippen LogP contribution in [0, 0.1) is 10.1 Å². The average Bonchev–Trinajstić information content (AvgIpc) is 2.28. The fourth-order valence-electron chi connectivity index (χ4n) is 1.41. The first kappa shape index (κ1) is 14.3. The van der Waals surface area contributed by atoms with Crippen LogP contribution in [-0.4, -0.2) is 25.5 Å². The highest BCUT2D eigenvalue weighted by molar-refractivity contribution is 7.84. The summed E-state index contributed by atoms with van der Waals surface area (Å²) in [5.41, 5.74) is 0.509. The van der Waals surface area contributed by atoms with E-state index in [1.165, 1.54) is 18.2 Å². The second kappa shape index (κ2) is 6.25. The molecule has 0 saturated heterocycles. The van der Waals surface area contributed by atoms with Crippen molar-refractivity contribution in [2.75, 3.05) is 0 Å². The van der Waals surface area contributed by atoms with E-state index in [4.69, 9.17) is 5.11 Å². The van der Waals surface area contributed by atoms with Crippen LogP contribution < -0.4 is 0 Å². The Labute approximate surface area is 106 Å². The number of carbonyl (C=O) groups is 1. The molecular formula is C11H13NO5S. The average molecular weight is 271 g/mol. The van der Waals surface area contributed by atoms with Crippen molar-refractivity contribution in [3.8, 4) is 0 Å². The minimum Gasteiger partial charge on any atom is -0.481 e. The molecule has 0 spiro atoms. The van der Waals surface area contributed by atoms with Gasteiger partial charge in [0.05, 0.1) is 11.3 Å². The number of rotatable bonds is 6. The fourth-order valence-corrected chi connectivity index (χ4v) is 2.53. The lowest BCUT2D eigenvalue weighted by molar-refractivity contribution is -0.384. The Morgan fingerprint density at radius 3 is 2.78 bits per heavy atom. The third-order valence-corrected chi connectivity index (χ3v) is 4.02. The van der Waals surface area contributed by atoms with Gasteiger partial charge in [0.2, 0.25) is 0 Å². The van der Waals surface area contributed by atoms with Crippen LogP contribution in [0.25, 0.3) is 0 Å². The summed E-state index contributed by atoms with van der Waals surface area (Å²) in [7, 11) is -1.36. The quantitative estimate of drug-likeness (QED) is 0.627. The highest BCUT2D eigenvalue weighted by Gasteiger charge is 2.16. The molecule has 0 saturated carbocycles. The lowest BCUT2D eigenvalue weighted by atomic mass is 10.2. The lowest BCUT2D eigenvalue weighted by Gasteiger charge is -2.08. The molecule has 0 aliphatic rings. The SMILES string of the molecule is CC(CC(=O)O)S(=O)Cc1cccc([N+](=O)[O-])c1. The first-order chi connectivity index (χ1) is 8.40. The Morgan fingerprint density at radius 1 is 1.56 bits per heavy atom. The molecule has 2 atom stereocenters. The predicted molar refractivity (Wildman–Crippen MR) is 66.7 cm³/mol. The third-order valence-electron chi connectivity index (χ3n) is 2.34. The Morgan fingerprint density at radius 2 is 2.22 bits per heavy atom. The standard InChI is InChI=1S/C11H13NO5S/c1-8(5-11(13)14)18(17)7-9-3-2-4-10(6-9)12(15)16/h2-4,6,8H,5,7H2,1H3,(H,13,14). The van der Waals surface area contributed by atoms with E-state index in [1.54, 1.807) is 13.0 Å². The molecule has 1 rings (SSSR count). The molecule has 0 aliphatic heterocycles. The maximum absolute atomic E-state index is 11.8. The highest BCUT2D eigenvalue weighted by Crippen LogP contribution is 2.16. The van der Waals surface area contributed by atoms with Gasteiger partial charge < -0.3 is 5.11 Å². The molecule has 18 heavy (non-hydrogen) atoms. The third kappa shape index (κ3) is 4.25. The summed E-state index contributed by atoms with van der Waals surface area (Å²) in [6.07, 6.45) is -0.179. The number of carboxylic acids is 1. The molecule has 0 bridgehead atoms. The van der Waals surface area contributed by atoms with Gasteiger partial charge in [-0.1, -0.05) is 19.1 Å². The van der Waals surface area contributed by atoms with Crippen LogP contribution >= 0.6 is 0 Å². The van der Waals surface area contributed by atoms with E-state index in [0.717, 1.165) is 0 Å². The number of aliphatic carboxylic acids is 1. The molecule has 2 unspecified atom stereocenters. The van der Waals surface area contributed by atoms with Crippen molar-refractivity contribution in [3.05, 3.63) is 39.9 Å². The van der Waals surface area contributed by atoms with Gasteiger partial charge in [0.15, 0.2) is 0 Å². The van der Waals surface area contributed by atoms with Gasteiger partial charge in [-0.15, -0.1) is 0 Å². The van der Waals surface area contributed by atoms with Gasteiger partial charge in [0, 0.05) is 33.9 Å². The molecular weight excluding hydrogens is 258 g/mol. The number of hydrogen-bond acceptors (Lipinski definition) is 4. The van der Waals surface area contributed by atoms with Crippen LogP contribution in [0.2, 0.25) is 0 Å². The fraction of sp³-hybridized carbons (Fsp3) is 0.364. The van der Waals surface area contributed by atoms with Gasteiger partial charge in [-0.05, 0) is 5.56 Å². The zero-order chi connectivity index (χ0) is 13.7. The summed E-state index contributed by atoms with van der Waals surface area (Å²) in [4.78, 5) is 20.5.